The number of amides is 1. The fraction of sp³-hybridized carbons (Fsp3) is 0.455. The van der Waals surface area contributed by atoms with E-state index in [4.69, 9.17) is 4.74 Å². The topological polar surface area (TPSA) is 54.5 Å². The molecule has 5 heteroatoms. The van der Waals surface area contributed by atoms with Gasteiger partial charge in [0.1, 0.15) is 6.04 Å². The van der Waals surface area contributed by atoms with E-state index < -0.39 is 0 Å². The lowest BCUT2D eigenvalue weighted by molar-refractivity contribution is -0.127. The minimum Gasteiger partial charge on any atom is -0.481 e. The predicted molar refractivity (Wildman–Crippen MR) is 60.5 cm³/mol. The zero-order valence-corrected chi connectivity index (χ0v) is 9.43. The molecule has 1 saturated heterocycles. The summed E-state index contributed by atoms with van der Waals surface area (Å²) in [4.78, 5) is 17.5. The van der Waals surface area contributed by atoms with Gasteiger partial charge >= 0.3 is 0 Å². The summed E-state index contributed by atoms with van der Waals surface area (Å²) in [5, 5.41) is 3.16. The second-order valence-electron chi connectivity index (χ2n) is 3.83. The molecule has 2 heterocycles. The summed E-state index contributed by atoms with van der Waals surface area (Å²) in [6, 6.07) is 3.50. The number of likely N-dealkylation sites (tertiary alicyclic amines) is 1. The lowest BCUT2D eigenvalue weighted by Crippen LogP contribution is -2.30. The molecule has 1 N–H and O–H groups in total. The minimum absolute atomic E-state index is 0.125. The van der Waals surface area contributed by atoms with Crippen LogP contribution >= 0.6 is 0 Å². The Morgan fingerprint density at radius 2 is 2.38 bits per heavy atom. The van der Waals surface area contributed by atoms with Crippen molar-refractivity contribution in [2.45, 2.75) is 12.5 Å². The second kappa shape index (κ2) is 4.38. The van der Waals surface area contributed by atoms with Crippen molar-refractivity contribution in [3.05, 3.63) is 18.3 Å². The SMILES string of the molecule is COc1ccc(N[C@@H]2CCN(C)C2=O)cn1. The molecule has 0 saturated carbocycles. The number of hydrogen-bond donors (Lipinski definition) is 1. The van der Waals surface area contributed by atoms with Crippen LogP contribution in [0, 0.1) is 0 Å². The largest absolute Gasteiger partial charge is 0.481 e. The van der Waals surface area contributed by atoms with Gasteiger partial charge in [-0.15, -0.1) is 0 Å². The number of carbonyl (C=O) groups excluding carboxylic acids is 1. The van der Waals surface area contributed by atoms with Crippen LogP contribution in [0.15, 0.2) is 18.3 Å². The highest BCUT2D eigenvalue weighted by atomic mass is 16.5. The molecule has 0 unspecified atom stereocenters. The minimum atomic E-state index is -0.125. The quantitative estimate of drug-likeness (QED) is 0.817. The van der Waals surface area contributed by atoms with E-state index in [1.807, 2.05) is 13.1 Å². The summed E-state index contributed by atoms with van der Waals surface area (Å²) < 4.78 is 4.96. The first kappa shape index (κ1) is 10.7. The Morgan fingerprint density at radius 1 is 1.56 bits per heavy atom. The number of hydrogen-bond acceptors (Lipinski definition) is 4. The van der Waals surface area contributed by atoms with E-state index in [0.717, 1.165) is 18.7 Å². The fourth-order valence-electron chi connectivity index (χ4n) is 1.74. The van der Waals surface area contributed by atoms with Gasteiger partial charge in [-0.1, -0.05) is 0 Å². The lowest BCUT2D eigenvalue weighted by Gasteiger charge is -2.13. The zero-order valence-electron chi connectivity index (χ0n) is 9.43. The average molecular weight is 221 g/mol. The van der Waals surface area contributed by atoms with E-state index >= 15 is 0 Å². The molecule has 1 aliphatic rings. The van der Waals surface area contributed by atoms with Crippen molar-refractivity contribution in [1.82, 2.24) is 9.88 Å². The van der Waals surface area contributed by atoms with Crippen LogP contribution in [-0.2, 0) is 4.79 Å². The molecule has 0 spiro atoms. The third kappa shape index (κ3) is 2.08. The number of anilines is 1. The summed E-state index contributed by atoms with van der Waals surface area (Å²) in [6.45, 7) is 0.806. The van der Waals surface area contributed by atoms with E-state index in [9.17, 15) is 4.79 Å². The number of ether oxygens (including phenoxy) is 1. The molecule has 1 atom stereocenters. The van der Waals surface area contributed by atoms with Crippen LogP contribution < -0.4 is 10.1 Å². The molecule has 0 bridgehead atoms. The Bertz CT molecular complexity index is 377. The van der Waals surface area contributed by atoms with Crippen LogP contribution in [0.1, 0.15) is 6.42 Å². The number of nitrogens with zero attached hydrogens (tertiary/aromatic N) is 2. The van der Waals surface area contributed by atoms with Crippen molar-refractivity contribution < 1.29 is 9.53 Å². The van der Waals surface area contributed by atoms with Crippen LogP contribution in [0.5, 0.6) is 5.88 Å². The Kier molecular flexibility index (Phi) is 2.94. The molecule has 1 fully saturated rings. The second-order valence-corrected chi connectivity index (χ2v) is 3.83. The summed E-state index contributed by atoms with van der Waals surface area (Å²) in [5.74, 6) is 0.705. The van der Waals surface area contributed by atoms with Crippen LogP contribution in [-0.4, -0.2) is 42.5 Å². The summed E-state index contributed by atoms with van der Waals surface area (Å²) in [7, 11) is 3.39. The number of methoxy groups -OCH3 is 1. The van der Waals surface area contributed by atoms with Crippen molar-refractivity contribution in [2.75, 3.05) is 26.0 Å². The van der Waals surface area contributed by atoms with E-state index in [-0.39, 0.29) is 11.9 Å². The number of pyridine rings is 1. The molecule has 2 rings (SSSR count). The zero-order chi connectivity index (χ0) is 11.5. The Balaban J connectivity index is 2.01. The van der Waals surface area contributed by atoms with Crippen LogP contribution in [0.4, 0.5) is 5.69 Å². The molecule has 0 aromatic carbocycles. The first-order chi connectivity index (χ1) is 7.70. The maximum atomic E-state index is 11.7. The molecule has 86 valence electrons. The highest BCUT2D eigenvalue weighted by molar-refractivity contribution is 5.86. The molecule has 1 aromatic rings. The Morgan fingerprint density at radius 3 is 2.88 bits per heavy atom. The average Bonchev–Trinajstić information content (AvgIpc) is 2.62. The third-order valence-corrected chi connectivity index (χ3v) is 2.71. The van der Waals surface area contributed by atoms with Gasteiger partial charge in [0.05, 0.1) is 19.0 Å². The summed E-state index contributed by atoms with van der Waals surface area (Å²) >= 11 is 0. The van der Waals surface area contributed by atoms with Crippen molar-refractivity contribution in [1.29, 1.82) is 0 Å². The van der Waals surface area contributed by atoms with E-state index in [1.54, 1.807) is 24.3 Å². The van der Waals surface area contributed by atoms with Crippen molar-refractivity contribution >= 4 is 11.6 Å². The summed E-state index contributed by atoms with van der Waals surface area (Å²) in [5.41, 5.74) is 0.842. The first-order valence-corrected chi connectivity index (χ1v) is 5.22. The van der Waals surface area contributed by atoms with Gasteiger partial charge in [0, 0.05) is 19.7 Å². The molecule has 16 heavy (non-hydrogen) atoms. The van der Waals surface area contributed by atoms with E-state index in [1.165, 1.54) is 0 Å². The number of aromatic nitrogens is 1. The molecular formula is C11H15N3O2. The molecule has 1 aliphatic heterocycles. The highest BCUT2D eigenvalue weighted by Crippen LogP contribution is 2.16. The van der Waals surface area contributed by atoms with Gasteiger partial charge < -0.3 is 15.0 Å². The number of rotatable bonds is 3. The normalized spacial score (nSPS) is 20.0. The van der Waals surface area contributed by atoms with E-state index in [0.29, 0.717) is 5.88 Å². The molecule has 5 nitrogen and oxygen atoms in total. The molecular weight excluding hydrogens is 206 g/mol. The van der Waals surface area contributed by atoms with Gasteiger partial charge in [-0.25, -0.2) is 4.98 Å². The molecule has 1 aromatic heterocycles. The van der Waals surface area contributed by atoms with Gasteiger partial charge in [0.25, 0.3) is 0 Å². The number of nitrogens with one attached hydrogen (secondary N) is 1. The standard InChI is InChI=1S/C11H15N3O2/c1-14-6-5-9(11(14)15)13-8-3-4-10(16-2)12-7-8/h3-4,7,9,13H,5-6H2,1-2H3/t9-/m1/s1. The number of carbonyl (C=O) groups is 1. The van der Waals surface area contributed by atoms with Crippen LogP contribution in [0.25, 0.3) is 0 Å². The van der Waals surface area contributed by atoms with Crippen molar-refractivity contribution in [3.8, 4) is 5.88 Å². The molecule has 0 aliphatic carbocycles. The molecule has 0 radical (unpaired) electrons. The van der Waals surface area contributed by atoms with Crippen molar-refractivity contribution in [2.24, 2.45) is 0 Å². The maximum Gasteiger partial charge on any atom is 0.244 e. The van der Waals surface area contributed by atoms with Crippen LogP contribution in [0.3, 0.4) is 0 Å². The lowest BCUT2D eigenvalue weighted by atomic mass is 10.2. The van der Waals surface area contributed by atoms with Gasteiger partial charge in [-0.05, 0) is 12.5 Å². The summed E-state index contributed by atoms with van der Waals surface area (Å²) in [6.07, 6.45) is 2.51. The molecule has 1 amide bonds. The Hall–Kier alpha value is -1.78. The van der Waals surface area contributed by atoms with Gasteiger partial charge in [0.15, 0.2) is 0 Å². The maximum absolute atomic E-state index is 11.7. The van der Waals surface area contributed by atoms with Crippen LogP contribution in [0.2, 0.25) is 0 Å². The number of likely N-dealkylation sites (N-methyl/N-ethyl adjacent to an activating group) is 1. The highest BCUT2D eigenvalue weighted by Gasteiger charge is 2.28. The van der Waals surface area contributed by atoms with E-state index in [2.05, 4.69) is 10.3 Å². The van der Waals surface area contributed by atoms with Crippen molar-refractivity contribution in [3.63, 3.8) is 0 Å². The van der Waals surface area contributed by atoms with Gasteiger partial charge in [-0.2, -0.15) is 0 Å². The monoisotopic (exact) mass is 221 g/mol. The van der Waals surface area contributed by atoms with Gasteiger partial charge in [0.2, 0.25) is 11.8 Å². The smallest absolute Gasteiger partial charge is 0.244 e. The van der Waals surface area contributed by atoms with Gasteiger partial charge in [-0.3, -0.25) is 4.79 Å². The predicted octanol–water partition coefficient (Wildman–Crippen LogP) is 0.733. The fourth-order valence-corrected chi connectivity index (χ4v) is 1.74. The first-order valence-electron chi connectivity index (χ1n) is 5.22. The Labute approximate surface area is 94.4 Å². The third-order valence-electron chi connectivity index (χ3n) is 2.71.